The van der Waals surface area contributed by atoms with E-state index < -0.39 is 18.0 Å². The largest absolute Gasteiger partial charge is 0.490 e. The Balaban J connectivity index is 0.00000109. The number of hydrogen-bond acceptors (Lipinski definition) is 7. The minimum atomic E-state index is -1.26. The van der Waals surface area contributed by atoms with Crippen LogP contribution < -0.4 is 10.1 Å². The Morgan fingerprint density at radius 1 is 1.09 bits per heavy atom. The average molecular weight is 468 g/mol. The standard InChI is InChI=1S/C20H33NO4.C4H4O4/c1-5-7-10-24-13-17-11-16(19(23)6-2)8-9-20(17)25-14-18(22)12-21-15(3)4;5-3(6)1-2-4(7)8/h8-9,11,15,18,21-22H,5-7,10,12-14H2,1-4H3;1-2H,(H,5,6)(H,7,8)/b;2-1+. The van der Waals surface area contributed by atoms with Crippen molar-refractivity contribution in [2.75, 3.05) is 19.8 Å². The number of ether oxygens (including phenoxy) is 2. The van der Waals surface area contributed by atoms with Crippen LogP contribution >= 0.6 is 0 Å². The fourth-order valence-electron chi connectivity index (χ4n) is 2.40. The highest BCUT2D eigenvalue weighted by atomic mass is 16.5. The Kier molecular flexibility index (Phi) is 16.3. The number of aliphatic carboxylic acids is 2. The van der Waals surface area contributed by atoms with Gasteiger partial charge >= 0.3 is 11.9 Å². The van der Waals surface area contributed by atoms with Crippen LogP contribution in [0.15, 0.2) is 30.4 Å². The number of hydrogen-bond donors (Lipinski definition) is 4. The summed E-state index contributed by atoms with van der Waals surface area (Å²) in [4.78, 5) is 31.0. The molecule has 0 fully saturated rings. The van der Waals surface area contributed by atoms with Crippen molar-refractivity contribution in [2.45, 2.75) is 65.7 Å². The number of aliphatic hydroxyl groups excluding tert-OH is 1. The quantitative estimate of drug-likeness (QED) is 0.174. The van der Waals surface area contributed by atoms with Crippen LogP contribution in [0.5, 0.6) is 5.75 Å². The van der Waals surface area contributed by atoms with Gasteiger partial charge in [0.1, 0.15) is 18.5 Å². The van der Waals surface area contributed by atoms with E-state index in [1.165, 1.54) is 0 Å². The van der Waals surface area contributed by atoms with Crippen molar-refractivity contribution in [3.63, 3.8) is 0 Å². The van der Waals surface area contributed by atoms with Crippen LogP contribution in [0.2, 0.25) is 0 Å². The van der Waals surface area contributed by atoms with E-state index in [9.17, 15) is 19.5 Å². The Bertz CT molecular complexity index is 745. The molecule has 0 bridgehead atoms. The molecule has 0 saturated carbocycles. The molecule has 1 aromatic rings. The van der Waals surface area contributed by atoms with Crippen LogP contribution in [-0.4, -0.2) is 64.9 Å². The molecule has 0 aliphatic carbocycles. The fourth-order valence-corrected chi connectivity index (χ4v) is 2.40. The first-order valence-electron chi connectivity index (χ1n) is 11.0. The summed E-state index contributed by atoms with van der Waals surface area (Å²) in [6.45, 7) is 9.79. The van der Waals surface area contributed by atoms with Crippen molar-refractivity contribution in [3.8, 4) is 5.75 Å². The number of carboxylic acids is 2. The Morgan fingerprint density at radius 3 is 2.24 bits per heavy atom. The van der Waals surface area contributed by atoms with Crippen molar-refractivity contribution in [2.24, 2.45) is 0 Å². The molecular weight excluding hydrogens is 430 g/mol. The summed E-state index contributed by atoms with van der Waals surface area (Å²) in [5.41, 5.74) is 1.52. The van der Waals surface area contributed by atoms with E-state index in [1.807, 2.05) is 26.8 Å². The van der Waals surface area contributed by atoms with Gasteiger partial charge in [-0.3, -0.25) is 4.79 Å². The zero-order chi connectivity index (χ0) is 25.2. The maximum absolute atomic E-state index is 11.9. The van der Waals surface area contributed by atoms with Crippen LogP contribution in [0.4, 0.5) is 0 Å². The lowest BCUT2D eigenvalue weighted by Gasteiger charge is -2.17. The van der Waals surface area contributed by atoms with Gasteiger partial charge in [-0.15, -0.1) is 0 Å². The lowest BCUT2D eigenvalue weighted by Crippen LogP contribution is -2.35. The van der Waals surface area contributed by atoms with Crippen LogP contribution in [-0.2, 0) is 20.9 Å². The molecule has 9 heteroatoms. The zero-order valence-electron chi connectivity index (χ0n) is 19.9. The molecular formula is C24H37NO8. The van der Waals surface area contributed by atoms with Crippen molar-refractivity contribution >= 4 is 17.7 Å². The van der Waals surface area contributed by atoms with Gasteiger partial charge in [0.05, 0.1) is 6.61 Å². The van der Waals surface area contributed by atoms with Crippen molar-refractivity contribution in [1.29, 1.82) is 0 Å². The molecule has 186 valence electrons. The molecule has 9 nitrogen and oxygen atoms in total. The maximum Gasteiger partial charge on any atom is 0.328 e. The highest BCUT2D eigenvalue weighted by molar-refractivity contribution is 5.96. The van der Waals surface area contributed by atoms with Gasteiger partial charge in [0.2, 0.25) is 0 Å². The third kappa shape index (κ3) is 15.7. The first-order valence-corrected chi connectivity index (χ1v) is 11.0. The van der Waals surface area contributed by atoms with Gasteiger partial charge in [0.15, 0.2) is 5.78 Å². The molecule has 0 heterocycles. The summed E-state index contributed by atoms with van der Waals surface area (Å²) in [7, 11) is 0. The van der Waals surface area contributed by atoms with Gasteiger partial charge in [0.25, 0.3) is 0 Å². The molecule has 0 spiro atoms. The summed E-state index contributed by atoms with van der Waals surface area (Å²) in [6, 6.07) is 5.72. The second-order valence-electron chi connectivity index (χ2n) is 7.54. The minimum Gasteiger partial charge on any atom is -0.490 e. The van der Waals surface area contributed by atoms with Gasteiger partial charge in [-0.05, 0) is 24.6 Å². The summed E-state index contributed by atoms with van der Waals surface area (Å²) in [5, 5.41) is 28.8. The molecule has 1 atom stereocenters. The lowest BCUT2D eigenvalue weighted by molar-refractivity contribution is -0.134. The molecule has 0 saturated heterocycles. The SMILES string of the molecule is CCCCOCc1cc(C(=O)CC)ccc1OCC(O)CNC(C)C.O=C(O)/C=C/C(=O)O. The van der Waals surface area contributed by atoms with Gasteiger partial charge in [-0.2, -0.15) is 0 Å². The Morgan fingerprint density at radius 2 is 1.73 bits per heavy atom. The number of carbonyl (C=O) groups excluding carboxylic acids is 1. The highest BCUT2D eigenvalue weighted by Gasteiger charge is 2.12. The van der Waals surface area contributed by atoms with E-state index in [0.717, 1.165) is 18.4 Å². The minimum absolute atomic E-state index is 0.0996. The number of aliphatic hydroxyl groups is 1. The normalized spacial score (nSPS) is 11.7. The number of carboxylic acid groups (broad SMARTS) is 2. The summed E-state index contributed by atoms with van der Waals surface area (Å²) >= 11 is 0. The first-order chi connectivity index (χ1) is 15.6. The van der Waals surface area contributed by atoms with E-state index in [-0.39, 0.29) is 12.4 Å². The number of Topliss-reactive ketones (excluding diaryl/α,β-unsaturated/α-hetero) is 1. The van der Waals surface area contributed by atoms with Crippen LogP contribution in [0, 0.1) is 0 Å². The molecule has 33 heavy (non-hydrogen) atoms. The maximum atomic E-state index is 11.9. The molecule has 1 rings (SSSR count). The number of benzene rings is 1. The number of carbonyl (C=O) groups is 3. The summed E-state index contributed by atoms with van der Waals surface area (Å²) in [6.07, 6.45) is 3.07. The zero-order valence-corrected chi connectivity index (χ0v) is 19.9. The van der Waals surface area contributed by atoms with Crippen LogP contribution in [0.3, 0.4) is 0 Å². The van der Waals surface area contributed by atoms with Gasteiger partial charge in [-0.1, -0.05) is 34.1 Å². The van der Waals surface area contributed by atoms with E-state index in [1.54, 1.807) is 12.1 Å². The third-order valence-corrected chi connectivity index (χ3v) is 4.16. The highest BCUT2D eigenvalue weighted by Crippen LogP contribution is 2.22. The fraction of sp³-hybridized carbons (Fsp3) is 0.542. The molecule has 0 radical (unpaired) electrons. The van der Waals surface area contributed by atoms with Crippen molar-refractivity contribution < 1.29 is 39.2 Å². The van der Waals surface area contributed by atoms with Crippen LogP contribution in [0.25, 0.3) is 0 Å². The Hall–Kier alpha value is -2.75. The van der Waals surface area contributed by atoms with Gasteiger partial charge in [-0.25, -0.2) is 9.59 Å². The second kappa shape index (κ2) is 17.8. The van der Waals surface area contributed by atoms with E-state index in [0.29, 0.717) is 55.7 Å². The van der Waals surface area contributed by atoms with Gasteiger partial charge in [0, 0.05) is 48.9 Å². The van der Waals surface area contributed by atoms with E-state index in [2.05, 4.69) is 12.2 Å². The Labute approximate surface area is 195 Å². The lowest BCUT2D eigenvalue weighted by atomic mass is 10.1. The predicted octanol–water partition coefficient (Wildman–Crippen LogP) is 3.05. The first kappa shape index (κ1) is 30.2. The number of nitrogens with one attached hydrogen (secondary N) is 1. The molecule has 0 aromatic heterocycles. The van der Waals surface area contributed by atoms with Gasteiger partial charge < -0.3 is 30.1 Å². The molecule has 1 aromatic carbocycles. The smallest absolute Gasteiger partial charge is 0.328 e. The van der Waals surface area contributed by atoms with E-state index in [4.69, 9.17) is 19.7 Å². The molecule has 0 aliphatic rings. The average Bonchev–Trinajstić information content (AvgIpc) is 2.77. The molecule has 0 aliphatic heterocycles. The van der Waals surface area contributed by atoms with Crippen molar-refractivity contribution in [3.05, 3.63) is 41.5 Å². The molecule has 1 unspecified atom stereocenters. The topological polar surface area (TPSA) is 142 Å². The third-order valence-electron chi connectivity index (χ3n) is 4.16. The second-order valence-corrected chi connectivity index (χ2v) is 7.54. The van der Waals surface area contributed by atoms with E-state index >= 15 is 0 Å². The predicted molar refractivity (Wildman–Crippen MR) is 125 cm³/mol. The number of unbranched alkanes of at least 4 members (excludes halogenated alkanes) is 1. The van der Waals surface area contributed by atoms with Crippen molar-refractivity contribution in [1.82, 2.24) is 5.32 Å². The number of ketones is 1. The summed E-state index contributed by atoms with van der Waals surface area (Å²) < 4.78 is 11.5. The van der Waals surface area contributed by atoms with Crippen LogP contribution in [0.1, 0.15) is 62.9 Å². The number of rotatable bonds is 15. The molecule has 0 amide bonds. The monoisotopic (exact) mass is 467 g/mol. The summed E-state index contributed by atoms with van der Waals surface area (Å²) in [5.74, 6) is -1.75. The molecule has 4 N–H and O–H groups in total.